The van der Waals surface area contributed by atoms with Gasteiger partial charge in [0.1, 0.15) is 0 Å². The zero-order valence-corrected chi connectivity index (χ0v) is 14.6. The molecule has 0 saturated carbocycles. The van der Waals surface area contributed by atoms with Crippen LogP contribution < -0.4 is 5.32 Å². The summed E-state index contributed by atoms with van der Waals surface area (Å²) in [6.45, 7) is 1.77. The minimum absolute atomic E-state index is 0.0125. The molecular formula is C16H25F3N6. The predicted molar refractivity (Wildman–Crippen MR) is 89.5 cm³/mol. The maximum Gasteiger partial charge on any atom is 0.401 e. The third-order valence-electron chi connectivity index (χ3n) is 4.90. The highest BCUT2D eigenvalue weighted by atomic mass is 19.4. The summed E-state index contributed by atoms with van der Waals surface area (Å²) < 4.78 is 39.3. The molecule has 0 aromatic carbocycles. The first-order valence-corrected chi connectivity index (χ1v) is 8.60. The van der Waals surface area contributed by atoms with Crippen LogP contribution in [0.4, 0.5) is 13.2 Å². The summed E-state index contributed by atoms with van der Waals surface area (Å²) in [6.07, 6.45) is 1.53. The number of aromatic nitrogens is 2. The standard InChI is InChI=1S/C16H25F3N6/c1-20-15(22-14-4-5-24(10-14)11-16(17,18)19)25-6-3-12(9-25)13-7-21-23(2)8-13/h7-8,12,14H,3-6,9-11H2,1-2H3,(H,20,22). The first-order valence-electron chi connectivity index (χ1n) is 8.60. The van der Waals surface area contributed by atoms with Gasteiger partial charge in [-0.25, -0.2) is 0 Å². The fourth-order valence-electron chi connectivity index (χ4n) is 3.70. The second-order valence-electron chi connectivity index (χ2n) is 6.91. The topological polar surface area (TPSA) is 48.7 Å². The third kappa shape index (κ3) is 4.65. The van der Waals surface area contributed by atoms with Gasteiger partial charge < -0.3 is 10.2 Å². The summed E-state index contributed by atoms with van der Waals surface area (Å²) in [4.78, 5) is 7.97. The lowest BCUT2D eigenvalue weighted by molar-refractivity contribution is -0.143. The van der Waals surface area contributed by atoms with E-state index < -0.39 is 12.7 Å². The highest BCUT2D eigenvalue weighted by Gasteiger charge is 2.35. The van der Waals surface area contributed by atoms with Crippen LogP contribution >= 0.6 is 0 Å². The van der Waals surface area contributed by atoms with Gasteiger partial charge in [-0.05, 0) is 18.4 Å². The lowest BCUT2D eigenvalue weighted by Gasteiger charge is -2.25. The number of alkyl halides is 3. The Morgan fingerprint density at radius 1 is 1.32 bits per heavy atom. The highest BCUT2D eigenvalue weighted by molar-refractivity contribution is 5.80. The molecule has 2 fully saturated rings. The van der Waals surface area contributed by atoms with Gasteiger partial charge >= 0.3 is 6.18 Å². The Morgan fingerprint density at radius 3 is 2.76 bits per heavy atom. The van der Waals surface area contributed by atoms with Crippen molar-refractivity contribution in [2.45, 2.75) is 31.0 Å². The number of rotatable bonds is 3. The summed E-state index contributed by atoms with van der Waals surface area (Å²) in [6, 6.07) is 0.0125. The van der Waals surface area contributed by atoms with Crippen molar-refractivity contribution in [3.63, 3.8) is 0 Å². The van der Waals surface area contributed by atoms with Crippen molar-refractivity contribution in [2.24, 2.45) is 12.0 Å². The smallest absolute Gasteiger partial charge is 0.352 e. The Balaban J connectivity index is 1.52. The van der Waals surface area contributed by atoms with Gasteiger partial charge in [0.2, 0.25) is 0 Å². The van der Waals surface area contributed by atoms with Crippen molar-refractivity contribution in [1.82, 2.24) is 24.9 Å². The molecule has 6 nitrogen and oxygen atoms in total. The molecule has 0 aliphatic carbocycles. The van der Waals surface area contributed by atoms with E-state index in [4.69, 9.17) is 0 Å². The molecule has 3 heterocycles. The molecule has 3 rings (SSSR count). The van der Waals surface area contributed by atoms with Gasteiger partial charge in [0.15, 0.2) is 5.96 Å². The van der Waals surface area contributed by atoms with E-state index in [1.807, 2.05) is 19.4 Å². The average Bonchev–Trinajstić information content (AvgIpc) is 3.24. The fourth-order valence-corrected chi connectivity index (χ4v) is 3.70. The summed E-state index contributed by atoms with van der Waals surface area (Å²) in [5.41, 5.74) is 1.22. The van der Waals surface area contributed by atoms with E-state index in [9.17, 15) is 13.2 Å². The van der Waals surface area contributed by atoms with Gasteiger partial charge in [-0.15, -0.1) is 0 Å². The summed E-state index contributed by atoms with van der Waals surface area (Å²) in [5.74, 6) is 1.20. The number of nitrogens with zero attached hydrogens (tertiary/aromatic N) is 5. The number of hydrogen-bond donors (Lipinski definition) is 1. The second-order valence-corrected chi connectivity index (χ2v) is 6.91. The molecule has 140 valence electrons. The van der Waals surface area contributed by atoms with E-state index in [2.05, 4.69) is 20.3 Å². The Bertz CT molecular complexity index is 611. The quantitative estimate of drug-likeness (QED) is 0.656. The molecule has 2 aliphatic heterocycles. The van der Waals surface area contributed by atoms with Crippen LogP contribution in [0.2, 0.25) is 0 Å². The summed E-state index contributed by atoms with van der Waals surface area (Å²) in [5, 5.41) is 7.57. The van der Waals surface area contributed by atoms with E-state index in [0.29, 0.717) is 25.4 Å². The lowest BCUT2D eigenvalue weighted by Crippen LogP contribution is -2.46. The van der Waals surface area contributed by atoms with Gasteiger partial charge in [0.25, 0.3) is 0 Å². The van der Waals surface area contributed by atoms with Gasteiger partial charge in [-0.1, -0.05) is 0 Å². The van der Waals surface area contributed by atoms with Crippen LogP contribution in [0, 0.1) is 0 Å². The molecule has 0 amide bonds. The van der Waals surface area contributed by atoms with E-state index in [1.165, 1.54) is 10.5 Å². The van der Waals surface area contributed by atoms with Crippen molar-refractivity contribution in [2.75, 3.05) is 39.8 Å². The van der Waals surface area contributed by atoms with Crippen LogP contribution in [0.15, 0.2) is 17.4 Å². The predicted octanol–water partition coefficient (Wildman–Crippen LogP) is 1.42. The van der Waals surface area contributed by atoms with Crippen molar-refractivity contribution in [3.8, 4) is 0 Å². The van der Waals surface area contributed by atoms with Gasteiger partial charge in [0, 0.05) is 58.4 Å². The van der Waals surface area contributed by atoms with E-state index in [-0.39, 0.29) is 6.04 Å². The first-order chi connectivity index (χ1) is 11.8. The number of nitrogens with one attached hydrogen (secondary N) is 1. The molecule has 2 aliphatic rings. The zero-order valence-electron chi connectivity index (χ0n) is 14.6. The minimum atomic E-state index is -4.14. The maximum absolute atomic E-state index is 12.5. The van der Waals surface area contributed by atoms with Crippen molar-refractivity contribution in [3.05, 3.63) is 18.0 Å². The first kappa shape index (κ1) is 18.0. The van der Waals surface area contributed by atoms with E-state index >= 15 is 0 Å². The molecule has 2 saturated heterocycles. The van der Waals surface area contributed by atoms with Crippen LogP contribution in [0.1, 0.15) is 24.3 Å². The molecule has 25 heavy (non-hydrogen) atoms. The molecule has 0 bridgehead atoms. The van der Waals surface area contributed by atoms with Crippen LogP contribution in [0.3, 0.4) is 0 Å². The molecule has 2 atom stereocenters. The Morgan fingerprint density at radius 2 is 2.12 bits per heavy atom. The van der Waals surface area contributed by atoms with Crippen LogP contribution in [0.25, 0.3) is 0 Å². The second kappa shape index (κ2) is 7.23. The molecule has 1 aromatic rings. The molecule has 0 spiro atoms. The molecule has 1 aromatic heterocycles. The lowest BCUT2D eigenvalue weighted by atomic mass is 10.0. The fraction of sp³-hybridized carbons (Fsp3) is 0.750. The number of likely N-dealkylation sites (tertiary alicyclic amines) is 2. The van der Waals surface area contributed by atoms with Crippen molar-refractivity contribution >= 4 is 5.96 Å². The van der Waals surface area contributed by atoms with E-state index in [1.54, 1.807) is 11.7 Å². The number of hydrogen-bond acceptors (Lipinski definition) is 3. The van der Waals surface area contributed by atoms with Crippen LogP contribution in [0.5, 0.6) is 0 Å². The number of aliphatic imine (C=N–C) groups is 1. The molecular weight excluding hydrogens is 333 g/mol. The summed E-state index contributed by atoms with van der Waals surface area (Å²) in [7, 11) is 3.63. The zero-order chi connectivity index (χ0) is 18.0. The number of halogens is 3. The average molecular weight is 358 g/mol. The third-order valence-corrected chi connectivity index (χ3v) is 4.90. The largest absolute Gasteiger partial charge is 0.401 e. The van der Waals surface area contributed by atoms with Crippen molar-refractivity contribution in [1.29, 1.82) is 0 Å². The summed E-state index contributed by atoms with van der Waals surface area (Å²) >= 11 is 0. The van der Waals surface area contributed by atoms with Gasteiger partial charge in [-0.3, -0.25) is 14.6 Å². The highest BCUT2D eigenvalue weighted by Crippen LogP contribution is 2.27. The Kier molecular flexibility index (Phi) is 5.21. The van der Waals surface area contributed by atoms with Gasteiger partial charge in [0.05, 0.1) is 12.7 Å². The number of guanidine groups is 1. The minimum Gasteiger partial charge on any atom is -0.352 e. The SMILES string of the molecule is CN=C(NC1CCN(CC(F)(F)F)C1)N1CCC(c2cnn(C)c2)C1. The molecule has 2 unspecified atom stereocenters. The maximum atomic E-state index is 12.5. The van der Waals surface area contributed by atoms with Crippen molar-refractivity contribution < 1.29 is 13.2 Å². The normalized spacial score (nSPS) is 25.8. The number of aryl methyl sites for hydroxylation is 1. The Labute approximate surface area is 145 Å². The molecule has 0 radical (unpaired) electrons. The van der Waals surface area contributed by atoms with Crippen LogP contribution in [-0.4, -0.2) is 77.5 Å². The molecule has 9 heteroatoms. The monoisotopic (exact) mass is 358 g/mol. The molecule has 1 N–H and O–H groups in total. The van der Waals surface area contributed by atoms with E-state index in [0.717, 1.165) is 25.5 Å². The van der Waals surface area contributed by atoms with Gasteiger partial charge in [-0.2, -0.15) is 18.3 Å². The van der Waals surface area contributed by atoms with Crippen LogP contribution in [-0.2, 0) is 7.05 Å². The Hall–Kier alpha value is -1.77.